The molecule has 2 aliphatic carbocycles. The van der Waals surface area contributed by atoms with Gasteiger partial charge in [-0.3, -0.25) is 0 Å². The molecule has 2 aliphatic rings. The van der Waals surface area contributed by atoms with Crippen LogP contribution in [0.2, 0.25) is 0 Å². The molecule has 2 nitrogen and oxygen atoms in total. The third-order valence-corrected chi connectivity index (χ3v) is 11.0. The number of hydrogen-bond acceptors (Lipinski definition) is 2. The van der Waals surface area contributed by atoms with Crippen LogP contribution >= 0.6 is 0 Å². The van der Waals surface area contributed by atoms with E-state index in [0.717, 1.165) is 34.9 Å². The molecule has 0 N–H and O–H groups in total. The van der Waals surface area contributed by atoms with Crippen LogP contribution in [0.15, 0.2) is 200 Å². The van der Waals surface area contributed by atoms with Gasteiger partial charge in [0.05, 0.1) is 5.69 Å². The standard InChI is InChI=1S/C51H42N2/c1-51(2)47-24-15-25-49(53(42-22-13-6-14-23-42)44-32-28-40(29-33-44)38-18-9-4-10-19-38)50(47)46-35-34-45(36-48(46)51)52(41-20-11-5-12-21-41)43-30-26-39(27-31-43)37-16-7-3-8-17-37/h3-18,20-36,38H,19H2,1-2H3. The molecule has 0 amide bonds. The van der Waals surface area contributed by atoms with Crippen LogP contribution in [-0.4, -0.2) is 0 Å². The van der Waals surface area contributed by atoms with Crippen LogP contribution in [0.4, 0.5) is 34.1 Å². The Bertz CT molecular complexity index is 2420. The number of benzene rings is 7. The van der Waals surface area contributed by atoms with Crippen molar-refractivity contribution in [2.75, 3.05) is 9.80 Å². The zero-order valence-electron chi connectivity index (χ0n) is 30.2. The maximum absolute atomic E-state index is 2.43. The maximum Gasteiger partial charge on any atom is 0.0543 e. The topological polar surface area (TPSA) is 6.48 Å². The minimum absolute atomic E-state index is 0.205. The van der Waals surface area contributed by atoms with Crippen LogP contribution in [0.3, 0.4) is 0 Å². The van der Waals surface area contributed by atoms with Crippen LogP contribution in [0.1, 0.15) is 42.9 Å². The van der Waals surface area contributed by atoms with E-state index in [0.29, 0.717) is 5.92 Å². The van der Waals surface area contributed by atoms with Crippen molar-refractivity contribution in [3.05, 3.63) is 217 Å². The molecule has 0 aromatic heterocycles. The monoisotopic (exact) mass is 682 g/mol. The molecule has 2 heteroatoms. The number of fused-ring (bicyclic) bond motifs is 3. The molecule has 0 saturated heterocycles. The molecule has 256 valence electrons. The van der Waals surface area contributed by atoms with Crippen molar-refractivity contribution in [2.45, 2.75) is 31.6 Å². The summed E-state index contributed by atoms with van der Waals surface area (Å²) in [5.41, 5.74) is 15.7. The van der Waals surface area contributed by atoms with E-state index >= 15 is 0 Å². The Morgan fingerprint density at radius 2 is 1.04 bits per heavy atom. The zero-order chi connectivity index (χ0) is 35.8. The summed E-state index contributed by atoms with van der Waals surface area (Å²) in [4.78, 5) is 4.81. The Morgan fingerprint density at radius 1 is 0.472 bits per heavy atom. The highest BCUT2D eigenvalue weighted by Crippen LogP contribution is 2.55. The second-order valence-corrected chi connectivity index (χ2v) is 14.6. The van der Waals surface area contributed by atoms with Gasteiger partial charge in [0.15, 0.2) is 0 Å². The van der Waals surface area contributed by atoms with E-state index in [9.17, 15) is 0 Å². The Hall–Kier alpha value is -6.38. The lowest BCUT2D eigenvalue weighted by Gasteiger charge is -2.29. The predicted octanol–water partition coefficient (Wildman–Crippen LogP) is 14.2. The van der Waals surface area contributed by atoms with Crippen molar-refractivity contribution >= 4 is 34.1 Å². The summed E-state index contributed by atoms with van der Waals surface area (Å²) in [7, 11) is 0. The summed E-state index contributed by atoms with van der Waals surface area (Å²) in [6.07, 6.45) is 9.91. The van der Waals surface area contributed by atoms with E-state index in [2.05, 4.69) is 224 Å². The van der Waals surface area contributed by atoms with Crippen LogP contribution in [0.25, 0.3) is 22.3 Å². The Labute approximate surface area is 313 Å². The molecular formula is C51H42N2. The van der Waals surface area contributed by atoms with E-state index < -0.39 is 0 Å². The normalized spacial score (nSPS) is 15.1. The second kappa shape index (κ2) is 13.6. The fraction of sp³-hybridized carbons (Fsp3) is 0.0980. The van der Waals surface area contributed by atoms with Crippen molar-refractivity contribution in [2.24, 2.45) is 0 Å². The van der Waals surface area contributed by atoms with Gasteiger partial charge in [0.2, 0.25) is 0 Å². The van der Waals surface area contributed by atoms with Crippen LogP contribution in [0.5, 0.6) is 0 Å². The minimum Gasteiger partial charge on any atom is -0.310 e. The smallest absolute Gasteiger partial charge is 0.0543 e. The second-order valence-electron chi connectivity index (χ2n) is 14.6. The van der Waals surface area contributed by atoms with E-state index in [1.165, 1.54) is 44.6 Å². The molecule has 0 spiro atoms. The quantitative estimate of drug-likeness (QED) is 0.157. The summed E-state index contributed by atoms with van der Waals surface area (Å²) in [5.74, 6) is 0.416. The van der Waals surface area contributed by atoms with Crippen molar-refractivity contribution in [3.63, 3.8) is 0 Å². The lowest BCUT2D eigenvalue weighted by Crippen LogP contribution is -2.17. The van der Waals surface area contributed by atoms with Crippen molar-refractivity contribution in [1.82, 2.24) is 0 Å². The Kier molecular flexibility index (Phi) is 8.37. The molecule has 1 atom stereocenters. The highest BCUT2D eigenvalue weighted by atomic mass is 15.2. The molecule has 9 rings (SSSR count). The van der Waals surface area contributed by atoms with E-state index in [-0.39, 0.29) is 5.41 Å². The number of hydrogen-bond donors (Lipinski definition) is 0. The molecule has 7 aromatic rings. The van der Waals surface area contributed by atoms with Crippen molar-refractivity contribution in [3.8, 4) is 22.3 Å². The molecule has 0 fully saturated rings. The zero-order valence-corrected chi connectivity index (χ0v) is 30.2. The van der Waals surface area contributed by atoms with Gasteiger partial charge in [-0.25, -0.2) is 0 Å². The lowest BCUT2D eigenvalue weighted by molar-refractivity contribution is 0.660. The van der Waals surface area contributed by atoms with Gasteiger partial charge in [-0.2, -0.15) is 0 Å². The first-order chi connectivity index (χ1) is 26.1. The van der Waals surface area contributed by atoms with E-state index in [1.54, 1.807) is 0 Å². The van der Waals surface area contributed by atoms with Gasteiger partial charge >= 0.3 is 0 Å². The first-order valence-corrected chi connectivity index (χ1v) is 18.6. The van der Waals surface area contributed by atoms with Crippen molar-refractivity contribution < 1.29 is 0 Å². The fourth-order valence-corrected chi connectivity index (χ4v) is 8.24. The average Bonchev–Trinajstić information content (AvgIpc) is 3.46. The average molecular weight is 683 g/mol. The largest absolute Gasteiger partial charge is 0.310 e. The summed E-state index contributed by atoms with van der Waals surface area (Å²) in [6.45, 7) is 4.75. The molecule has 0 bridgehead atoms. The van der Waals surface area contributed by atoms with E-state index in [1.807, 2.05) is 0 Å². The van der Waals surface area contributed by atoms with Gasteiger partial charge in [0.25, 0.3) is 0 Å². The molecule has 1 unspecified atom stereocenters. The highest BCUT2D eigenvalue weighted by Gasteiger charge is 2.38. The molecular weight excluding hydrogens is 641 g/mol. The number of para-hydroxylation sites is 2. The summed E-state index contributed by atoms with van der Waals surface area (Å²) >= 11 is 0. The minimum atomic E-state index is -0.205. The number of nitrogens with zero attached hydrogens (tertiary/aromatic N) is 2. The summed E-state index contributed by atoms with van der Waals surface area (Å²) < 4.78 is 0. The molecule has 0 saturated carbocycles. The predicted molar refractivity (Wildman–Crippen MR) is 224 cm³/mol. The molecule has 7 aromatic carbocycles. The van der Waals surface area contributed by atoms with Crippen LogP contribution in [0, 0.1) is 0 Å². The SMILES string of the molecule is CC1(C)c2cc(N(c3ccccc3)c3ccc(-c4ccccc4)cc3)ccc2-c2c(N(c3ccccc3)c3ccc(C4C=CC=CC4)cc3)cccc21. The Balaban J connectivity index is 1.15. The lowest BCUT2D eigenvalue weighted by atomic mass is 9.82. The summed E-state index contributed by atoms with van der Waals surface area (Å²) in [5, 5.41) is 0. The molecule has 0 radical (unpaired) electrons. The third-order valence-electron chi connectivity index (χ3n) is 11.0. The van der Waals surface area contributed by atoms with Gasteiger partial charge in [-0.05, 0) is 107 Å². The van der Waals surface area contributed by atoms with Gasteiger partial charge in [-0.15, -0.1) is 0 Å². The number of anilines is 6. The Morgan fingerprint density at radius 3 is 1.70 bits per heavy atom. The number of rotatable bonds is 8. The number of allylic oxidation sites excluding steroid dienone is 4. The first kappa shape index (κ1) is 32.5. The highest BCUT2D eigenvalue weighted by molar-refractivity contribution is 5.96. The van der Waals surface area contributed by atoms with Gasteiger partial charge in [0.1, 0.15) is 0 Å². The first-order valence-electron chi connectivity index (χ1n) is 18.6. The van der Waals surface area contributed by atoms with Gasteiger partial charge in [-0.1, -0.05) is 147 Å². The van der Waals surface area contributed by atoms with Crippen LogP contribution < -0.4 is 9.80 Å². The molecule has 53 heavy (non-hydrogen) atoms. The van der Waals surface area contributed by atoms with Gasteiger partial charge < -0.3 is 9.80 Å². The molecule has 0 aliphatic heterocycles. The fourth-order valence-electron chi connectivity index (χ4n) is 8.24. The van der Waals surface area contributed by atoms with E-state index in [4.69, 9.17) is 0 Å². The maximum atomic E-state index is 2.43. The molecule has 0 heterocycles. The third kappa shape index (κ3) is 5.97. The van der Waals surface area contributed by atoms with Crippen molar-refractivity contribution in [1.29, 1.82) is 0 Å². The van der Waals surface area contributed by atoms with Gasteiger partial charge in [0, 0.05) is 45.3 Å². The van der Waals surface area contributed by atoms with Crippen LogP contribution in [-0.2, 0) is 5.41 Å². The summed E-state index contributed by atoms with van der Waals surface area (Å²) in [6, 6.07) is 64.1.